The van der Waals surface area contributed by atoms with Gasteiger partial charge in [-0.15, -0.1) is 11.3 Å². The third kappa shape index (κ3) is 9.86. The average molecular weight is 1310 g/mol. The Hall–Kier alpha value is -12.0. The van der Waals surface area contributed by atoms with E-state index < -0.39 is 34.1 Å². The summed E-state index contributed by atoms with van der Waals surface area (Å²) in [7, 11) is 0. The lowest BCUT2D eigenvalue weighted by Gasteiger charge is -2.35. The molecule has 15 aromatic rings. The molecule has 2 unspecified atom stereocenters. The molecule has 0 radical (unpaired) electrons. The minimum absolute atomic E-state index is 0.359. The molecule has 0 bridgehead atoms. The van der Waals surface area contributed by atoms with Crippen LogP contribution in [0.15, 0.2) is 316 Å². The molecule has 2 aliphatic carbocycles. The molecule has 14 aromatic carbocycles. The number of halogens is 6. The Kier molecular flexibility index (Phi) is 14.7. The summed E-state index contributed by atoms with van der Waals surface area (Å²) in [5.74, 6) is -4.78. The molecule has 0 amide bonds. The number of rotatable bonds is 14. The molecule has 0 fully saturated rings. The van der Waals surface area contributed by atoms with Crippen LogP contribution in [0.25, 0.3) is 76.8 Å². The summed E-state index contributed by atoms with van der Waals surface area (Å²) in [6, 6.07) is 95.7. The maximum Gasteiger partial charge on any atom is 0.160 e. The van der Waals surface area contributed by atoms with Crippen molar-refractivity contribution in [3.63, 3.8) is 0 Å². The molecule has 2 nitrogen and oxygen atoms in total. The van der Waals surface area contributed by atoms with Gasteiger partial charge in [-0.05, 0) is 209 Å². The van der Waals surface area contributed by atoms with Gasteiger partial charge in [0.1, 0.15) is 11.6 Å². The topological polar surface area (TPSA) is 6.48 Å². The summed E-state index contributed by atoms with van der Waals surface area (Å²) in [6.07, 6.45) is 3.63. The van der Waals surface area contributed by atoms with Gasteiger partial charge in [0, 0.05) is 66.4 Å². The normalized spacial score (nSPS) is 14.9. The quantitative estimate of drug-likeness (QED) is 0.100. The second-order valence-corrected chi connectivity index (χ2v) is 26.3. The maximum absolute atomic E-state index is 16.0. The summed E-state index contributed by atoms with van der Waals surface area (Å²) in [5, 5.41) is 1.70. The number of fused-ring (bicyclic) bond motifs is 9. The lowest BCUT2D eigenvalue weighted by Crippen LogP contribution is -2.29. The summed E-state index contributed by atoms with van der Waals surface area (Å²) in [5.41, 5.74) is 18.7. The van der Waals surface area contributed by atoms with Gasteiger partial charge in [0.05, 0.1) is 10.8 Å². The Bertz CT molecular complexity index is 5370. The van der Waals surface area contributed by atoms with Gasteiger partial charge in [-0.2, -0.15) is 0 Å². The molecule has 0 N–H and O–H groups in total. The van der Waals surface area contributed by atoms with E-state index in [-0.39, 0.29) is 11.6 Å². The molecule has 0 saturated carbocycles. The van der Waals surface area contributed by atoms with E-state index in [0.29, 0.717) is 34.1 Å². The summed E-state index contributed by atoms with van der Waals surface area (Å²) >= 11 is 1.59. The third-order valence-corrected chi connectivity index (χ3v) is 21.2. The van der Waals surface area contributed by atoms with E-state index in [4.69, 9.17) is 0 Å². The van der Waals surface area contributed by atoms with E-state index in [9.17, 15) is 0 Å². The van der Waals surface area contributed by atoms with E-state index in [1.165, 1.54) is 36.4 Å². The largest absolute Gasteiger partial charge is 0.310 e. The van der Waals surface area contributed by atoms with E-state index >= 15 is 26.3 Å². The number of hydrogen-bond donors (Lipinski definition) is 0. The number of hydrogen-bond acceptors (Lipinski definition) is 3. The Morgan fingerprint density at radius 3 is 0.939 bits per heavy atom. The maximum atomic E-state index is 16.0. The van der Waals surface area contributed by atoms with Gasteiger partial charge in [0.25, 0.3) is 0 Å². The number of benzene rings is 14. The zero-order valence-electron chi connectivity index (χ0n) is 53.0. The van der Waals surface area contributed by atoms with Crippen LogP contribution in [-0.4, -0.2) is 0 Å². The van der Waals surface area contributed by atoms with Crippen LogP contribution >= 0.6 is 11.3 Å². The monoisotopic (exact) mass is 1310 g/mol. The van der Waals surface area contributed by atoms with E-state index in [1.807, 2.05) is 131 Å². The van der Waals surface area contributed by atoms with Gasteiger partial charge in [-0.1, -0.05) is 207 Å². The molecule has 474 valence electrons. The Morgan fingerprint density at radius 2 is 0.576 bits per heavy atom. The van der Waals surface area contributed by atoms with Gasteiger partial charge in [-0.25, -0.2) is 26.3 Å². The van der Waals surface area contributed by atoms with Crippen LogP contribution in [0.4, 0.5) is 60.5 Å². The van der Waals surface area contributed by atoms with Crippen molar-refractivity contribution < 1.29 is 26.3 Å². The standard InChI is InChI=1S/C90H56F6N2S/c1-3-55-13-17-57(18-14-55)59-21-25-61(26-22-59)89(63-29-33-65(91)34-30-63)79-11-7-5-9-73(79)75-43-37-69(51-81(75)89)97(71-39-45-83(93)85(95)53-71)67-41-47-87-77(49-67)78-50-68(42-48-88(78)99-87)98(72-40-46-84(94)86(96)54-72)70-38-44-76-74-10-6-8-12-80(74)90(82(76)52-70,64-31-35-66(92)36-32-64)62-27-23-60(24-28-62)58-19-15-56(4-2)16-20-58/h3-54H,1-2H2. The van der Waals surface area contributed by atoms with Gasteiger partial charge >= 0.3 is 0 Å². The van der Waals surface area contributed by atoms with Crippen molar-refractivity contribution in [2.24, 2.45) is 0 Å². The number of anilines is 6. The predicted octanol–water partition coefficient (Wildman–Crippen LogP) is 25.2. The molecule has 1 heterocycles. The fraction of sp³-hybridized carbons (Fsp3) is 0.0222. The molecule has 2 atom stereocenters. The molecular weight excluding hydrogens is 1260 g/mol. The van der Waals surface area contributed by atoms with Crippen LogP contribution in [0.5, 0.6) is 0 Å². The van der Waals surface area contributed by atoms with Crippen molar-refractivity contribution in [1.29, 1.82) is 0 Å². The van der Waals surface area contributed by atoms with Crippen molar-refractivity contribution in [1.82, 2.24) is 0 Å². The highest BCUT2D eigenvalue weighted by molar-refractivity contribution is 7.25. The molecule has 99 heavy (non-hydrogen) atoms. The Balaban J connectivity index is 0.832. The first-order valence-electron chi connectivity index (χ1n) is 32.5. The van der Waals surface area contributed by atoms with Crippen LogP contribution in [-0.2, 0) is 10.8 Å². The van der Waals surface area contributed by atoms with Gasteiger partial charge < -0.3 is 9.80 Å². The fourth-order valence-electron chi connectivity index (χ4n) is 15.4. The Morgan fingerprint density at radius 1 is 0.273 bits per heavy atom. The first kappa shape index (κ1) is 60.6. The minimum Gasteiger partial charge on any atom is -0.310 e. The van der Waals surface area contributed by atoms with Crippen LogP contribution in [0.1, 0.15) is 55.6 Å². The SMILES string of the molecule is C=Cc1ccc(-c2ccc(C3(c4ccc(F)cc4)c4ccccc4-c4ccc(N(c5ccc(F)c(F)c5)c5ccc6sc7ccc(N(c8ccc(F)c(F)c8)c8ccc9c(c8)C(c8ccc(F)cc8)(c8ccc(-c%10ccc(C=C)cc%10)cc8)c8ccccc8-9)cc7c6c5)cc43)cc2)cc1. The highest BCUT2D eigenvalue weighted by Gasteiger charge is 2.48. The first-order chi connectivity index (χ1) is 48.4. The highest BCUT2D eigenvalue weighted by Crippen LogP contribution is 2.60. The molecule has 1 aromatic heterocycles. The molecular formula is C90H56F6N2S. The van der Waals surface area contributed by atoms with Crippen LogP contribution in [0, 0.1) is 34.9 Å². The van der Waals surface area contributed by atoms with Gasteiger partial charge in [0.15, 0.2) is 23.3 Å². The van der Waals surface area contributed by atoms with E-state index in [0.717, 1.165) is 132 Å². The molecule has 17 rings (SSSR count). The zero-order chi connectivity index (χ0) is 67.3. The smallest absolute Gasteiger partial charge is 0.160 e. The summed E-state index contributed by atoms with van der Waals surface area (Å²) in [4.78, 5) is 3.86. The first-order valence-corrected chi connectivity index (χ1v) is 33.4. The lowest BCUT2D eigenvalue weighted by atomic mass is 9.67. The molecule has 0 aliphatic heterocycles. The van der Waals surface area contributed by atoms with Crippen LogP contribution < -0.4 is 9.80 Å². The van der Waals surface area contributed by atoms with Crippen molar-refractivity contribution >= 4 is 77.8 Å². The fourth-order valence-corrected chi connectivity index (χ4v) is 16.5. The second-order valence-electron chi connectivity index (χ2n) is 25.2. The zero-order valence-corrected chi connectivity index (χ0v) is 53.8. The number of nitrogens with zero attached hydrogens (tertiary/aromatic N) is 2. The van der Waals surface area contributed by atoms with Crippen molar-refractivity contribution in [2.75, 3.05) is 9.80 Å². The average Bonchev–Trinajstić information content (AvgIpc) is 1.56. The van der Waals surface area contributed by atoms with E-state index in [1.54, 1.807) is 23.5 Å². The summed E-state index contributed by atoms with van der Waals surface area (Å²) in [6.45, 7) is 7.86. The predicted molar refractivity (Wildman–Crippen MR) is 394 cm³/mol. The molecule has 0 saturated heterocycles. The second kappa shape index (κ2) is 23.9. The van der Waals surface area contributed by atoms with Crippen molar-refractivity contribution in [3.8, 4) is 44.5 Å². The van der Waals surface area contributed by atoms with Crippen molar-refractivity contribution in [2.45, 2.75) is 10.8 Å². The Labute approximate surface area is 572 Å². The molecule has 9 heteroatoms. The third-order valence-electron chi connectivity index (χ3n) is 20.0. The summed E-state index contributed by atoms with van der Waals surface area (Å²) < 4.78 is 94.8. The van der Waals surface area contributed by atoms with Gasteiger partial charge in [0.2, 0.25) is 0 Å². The molecule has 2 aliphatic rings. The number of thiophene rings is 1. The highest BCUT2D eigenvalue weighted by atomic mass is 32.1. The lowest BCUT2D eigenvalue weighted by molar-refractivity contribution is 0.509. The molecule has 0 spiro atoms. The van der Waals surface area contributed by atoms with Crippen LogP contribution in [0.2, 0.25) is 0 Å². The van der Waals surface area contributed by atoms with E-state index in [2.05, 4.69) is 147 Å². The van der Waals surface area contributed by atoms with Crippen LogP contribution in [0.3, 0.4) is 0 Å². The minimum atomic E-state index is -1.02. The van der Waals surface area contributed by atoms with Gasteiger partial charge in [-0.3, -0.25) is 0 Å². The van der Waals surface area contributed by atoms with Crippen molar-refractivity contribution in [3.05, 3.63) is 407 Å².